The van der Waals surface area contributed by atoms with Crippen molar-refractivity contribution in [2.45, 2.75) is 20.8 Å². The molecule has 0 saturated heterocycles. The van der Waals surface area contributed by atoms with Crippen LogP contribution in [-0.2, 0) is 0 Å². The smallest absolute Gasteiger partial charge is 0.0985 e. The first-order valence-corrected chi connectivity index (χ1v) is 3.38. The van der Waals surface area contributed by atoms with E-state index in [0.29, 0.717) is 11.1 Å². The van der Waals surface area contributed by atoms with Gasteiger partial charge in [0.05, 0.1) is 12.1 Å². The van der Waals surface area contributed by atoms with Crippen LogP contribution in [0.2, 0.25) is 0 Å². The molecule has 0 aromatic carbocycles. The third-order valence-electron chi connectivity index (χ3n) is 0.711. The molecule has 0 spiro atoms. The van der Waals surface area contributed by atoms with Gasteiger partial charge >= 0.3 is 0 Å². The largest absolute Gasteiger partial charge is 0.193 e. The molecular weight excluding hydrogens is 136 g/mol. The van der Waals surface area contributed by atoms with Crippen molar-refractivity contribution in [2.24, 2.45) is 0 Å². The molecule has 0 aliphatic rings. The van der Waals surface area contributed by atoms with Gasteiger partial charge in [0.15, 0.2) is 0 Å². The maximum Gasteiger partial charge on any atom is 0.0985 e. The summed E-state index contributed by atoms with van der Waals surface area (Å²) in [6.07, 6.45) is 1.44. The zero-order valence-corrected chi connectivity index (χ0v) is 7.18. The van der Waals surface area contributed by atoms with Crippen molar-refractivity contribution >= 4 is 0 Å². The standard InChI is InChI=1S/C7H6N2.C2H6/c1-6(4-8)3-7(2)5-9;1-2/h3H,1H2,2H3;1-2H3/b7-3+;. The van der Waals surface area contributed by atoms with E-state index in [4.69, 9.17) is 10.5 Å². The van der Waals surface area contributed by atoms with Gasteiger partial charge in [0.1, 0.15) is 0 Å². The number of hydrogen-bond acceptors (Lipinski definition) is 2. The van der Waals surface area contributed by atoms with Gasteiger partial charge in [0.25, 0.3) is 0 Å². The first kappa shape index (κ1) is 12.2. The molecule has 0 saturated carbocycles. The molecule has 0 N–H and O–H groups in total. The van der Waals surface area contributed by atoms with Gasteiger partial charge in [0.2, 0.25) is 0 Å². The second-order valence-corrected chi connectivity index (χ2v) is 1.58. The maximum absolute atomic E-state index is 8.21. The molecule has 0 amide bonds. The van der Waals surface area contributed by atoms with Crippen LogP contribution in [0.5, 0.6) is 0 Å². The van der Waals surface area contributed by atoms with Crippen LogP contribution in [0, 0.1) is 22.7 Å². The Kier molecular flexibility index (Phi) is 9.36. The summed E-state index contributed by atoms with van der Waals surface area (Å²) in [6, 6.07) is 3.69. The molecule has 0 atom stereocenters. The van der Waals surface area contributed by atoms with E-state index < -0.39 is 0 Å². The summed E-state index contributed by atoms with van der Waals surface area (Å²) in [7, 11) is 0. The average Bonchev–Trinajstić information content (AvgIpc) is 2.07. The second kappa shape index (κ2) is 8.46. The number of rotatable bonds is 1. The lowest BCUT2D eigenvalue weighted by Crippen LogP contribution is -1.70. The lowest BCUT2D eigenvalue weighted by Gasteiger charge is -1.80. The summed E-state index contributed by atoms with van der Waals surface area (Å²) >= 11 is 0. The SMILES string of the molecule is C=C(C#N)/C=C(\C)C#N.CC. The molecule has 0 aliphatic carbocycles. The Hall–Kier alpha value is -1.54. The predicted octanol–water partition coefficient (Wildman–Crippen LogP) is 2.56. The topological polar surface area (TPSA) is 47.6 Å². The summed E-state index contributed by atoms with van der Waals surface area (Å²) in [6.45, 7) is 9.00. The third-order valence-corrected chi connectivity index (χ3v) is 0.711. The second-order valence-electron chi connectivity index (χ2n) is 1.58. The van der Waals surface area contributed by atoms with Crippen LogP contribution in [-0.4, -0.2) is 0 Å². The Bertz CT molecular complexity index is 223. The maximum atomic E-state index is 8.21. The quantitative estimate of drug-likeness (QED) is 0.424. The van der Waals surface area contributed by atoms with Crippen molar-refractivity contribution < 1.29 is 0 Å². The number of nitriles is 2. The molecule has 2 heteroatoms. The zero-order valence-electron chi connectivity index (χ0n) is 7.18. The van der Waals surface area contributed by atoms with Crippen LogP contribution < -0.4 is 0 Å². The summed E-state index contributed by atoms with van der Waals surface area (Å²) < 4.78 is 0. The van der Waals surface area contributed by atoms with E-state index in [0.717, 1.165) is 0 Å². The normalized spacial score (nSPS) is 8.27. The van der Waals surface area contributed by atoms with Gasteiger partial charge in [-0.15, -0.1) is 0 Å². The summed E-state index contributed by atoms with van der Waals surface area (Å²) in [4.78, 5) is 0. The number of hydrogen-bond donors (Lipinski definition) is 0. The van der Waals surface area contributed by atoms with Gasteiger partial charge in [-0.3, -0.25) is 0 Å². The highest BCUT2D eigenvalue weighted by Crippen LogP contribution is 1.95. The van der Waals surface area contributed by atoms with Crippen molar-refractivity contribution in [3.63, 3.8) is 0 Å². The lowest BCUT2D eigenvalue weighted by atomic mass is 10.2. The monoisotopic (exact) mass is 148 g/mol. The van der Waals surface area contributed by atoms with E-state index in [1.807, 2.05) is 26.0 Å². The van der Waals surface area contributed by atoms with Crippen LogP contribution in [0.1, 0.15) is 20.8 Å². The Balaban J connectivity index is 0. The molecule has 0 unspecified atom stereocenters. The third kappa shape index (κ3) is 8.46. The molecule has 58 valence electrons. The summed E-state index contributed by atoms with van der Waals surface area (Å²) in [5.74, 6) is 0. The Morgan fingerprint density at radius 3 is 2.00 bits per heavy atom. The molecule has 0 heterocycles. The highest BCUT2D eigenvalue weighted by molar-refractivity contribution is 5.36. The minimum Gasteiger partial charge on any atom is -0.193 e. The van der Waals surface area contributed by atoms with Crippen LogP contribution >= 0.6 is 0 Å². The lowest BCUT2D eigenvalue weighted by molar-refractivity contribution is 1.43. The van der Waals surface area contributed by atoms with Gasteiger partial charge < -0.3 is 0 Å². The van der Waals surface area contributed by atoms with E-state index in [9.17, 15) is 0 Å². The number of nitrogens with zero attached hydrogens (tertiary/aromatic N) is 2. The van der Waals surface area contributed by atoms with Crippen LogP contribution in [0.25, 0.3) is 0 Å². The van der Waals surface area contributed by atoms with Gasteiger partial charge in [-0.1, -0.05) is 20.4 Å². The van der Waals surface area contributed by atoms with Crippen molar-refractivity contribution in [3.05, 3.63) is 23.8 Å². The summed E-state index contributed by atoms with van der Waals surface area (Å²) in [5.41, 5.74) is 0.815. The molecule has 0 radical (unpaired) electrons. The van der Waals surface area contributed by atoms with E-state index in [1.54, 1.807) is 6.92 Å². The molecule has 0 rings (SSSR count). The first-order chi connectivity index (χ1) is 5.20. The van der Waals surface area contributed by atoms with Crippen molar-refractivity contribution in [1.29, 1.82) is 10.5 Å². The average molecular weight is 148 g/mol. The van der Waals surface area contributed by atoms with Crippen LogP contribution in [0.4, 0.5) is 0 Å². The van der Waals surface area contributed by atoms with E-state index in [1.165, 1.54) is 6.08 Å². The highest BCUT2D eigenvalue weighted by Gasteiger charge is 1.85. The molecule has 11 heavy (non-hydrogen) atoms. The van der Waals surface area contributed by atoms with Crippen molar-refractivity contribution in [3.8, 4) is 12.1 Å². The zero-order chi connectivity index (χ0) is 9.28. The molecule has 0 bridgehead atoms. The van der Waals surface area contributed by atoms with E-state index in [-0.39, 0.29) is 0 Å². The van der Waals surface area contributed by atoms with Crippen molar-refractivity contribution in [2.75, 3.05) is 0 Å². The van der Waals surface area contributed by atoms with Gasteiger partial charge in [-0.05, 0) is 13.0 Å². The van der Waals surface area contributed by atoms with Gasteiger partial charge in [-0.25, -0.2) is 0 Å². The predicted molar refractivity (Wildman–Crippen MR) is 45.5 cm³/mol. The fourth-order valence-electron chi connectivity index (χ4n) is 0.326. The molecule has 2 nitrogen and oxygen atoms in total. The Labute approximate surface area is 68.1 Å². The highest BCUT2D eigenvalue weighted by atomic mass is 14.2. The first-order valence-electron chi connectivity index (χ1n) is 3.38. The molecule has 0 aliphatic heterocycles. The Morgan fingerprint density at radius 1 is 1.27 bits per heavy atom. The minimum absolute atomic E-state index is 0.314. The fraction of sp³-hybridized carbons (Fsp3) is 0.333. The molecular formula is C9H12N2. The van der Waals surface area contributed by atoms with Gasteiger partial charge in [0, 0.05) is 11.1 Å². The van der Waals surface area contributed by atoms with Crippen LogP contribution in [0.3, 0.4) is 0 Å². The fourth-order valence-corrected chi connectivity index (χ4v) is 0.326. The number of allylic oxidation sites excluding steroid dienone is 3. The summed E-state index contributed by atoms with van der Waals surface area (Å²) in [5, 5.41) is 16.4. The van der Waals surface area contributed by atoms with E-state index in [2.05, 4.69) is 6.58 Å². The van der Waals surface area contributed by atoms with Gasteiger partial charge in [-0.2, -0.15) is 10.5 Å². The van der Waals surface area contributed by atoms with E-state index >= 15 is 0 Å². The molecule has 0 fully saturated rings. The van der Waals surface area contributed by atoms with Crippen molar-refractivity contribution in [1.82, 2.24) is 0 Å². The van der Waals surface area contributed by atoms with Crippen LogP contribution in [0.15, 0.2) is 23.8 Å². The minimum atomic E-state index is 0.314. The molecule has 0 aromatic rings. The Morgan fingerprint density at radius 2 is 1.73 bits per heavy atom. The molecule has 0 aromatic heterocycles.